The van der Waals surface area contributed by atoms with E-state index < -0.39 is 35.3 Å². The Morgan fingerprint density at radius 2 is 1.67 bits per heavy atom. The van der Waals surface area contributed by atoms with E-state index in [1.165, 1.54) is 16.2 Å². The van der Waals surface area contributed by atoms with Gasteiger partial charge >= 0.3 is 5.97 Å². The summed E-state index contributed by atoms with van der Waals surface area (Å²) in [6.07, 6.45) is 1.36. The first-order chi connectivity index (χ1) is 17.3. The minimum Gasteiger partial charge on any atom is -0.480 e. The first-order valence-corrected chi connectivity index (χ1v) is 13.3. The third kappa shape index (κ3) is 3.77. The van der Waals surface area contributed by atoms with Crippen molar-refractivity contribution in [3.63, 3.8) is 0 Å². The second kappa shape index (κ2) is 9.47. The van der Waals surface area contributed by atoms with Crippen LogP contribution in [0, 0.1) is 11.8 Å². The molecule has 0 bridgehead atoms. The van der Waals surface area contributed by atoms with Crippen LogP contribution in [0.2, 0.25) is 4.34 Å². The molecule has 2 aromatic carbocycles. The Balaban J connectivity index is 1.69. The van der Waals surface area contributed by atoms with Crippen molar-refractivity contribution >= 4 is 46.4 Å². The highest BCUT2D eigenvalue weighted by atomic mass is 35.5. The zero-order valence-electron chi connectivity index (χ0n) is 20.0. The number of carbonyl (C=O) groups is 3. The maximum Gasteiger partial charge on any atom is 0.325 e. The second-order valence-electron chi connectivity index (χ2n) is 9.35. The third-order valence-electron chi connectivity index (χ3n) is 7.45. The predicted octanol–water partition coefficient (Wildman–Crippen LogP) is 5.04. The highest BCUT2D eigenvalue weighted by Gasteiger charge is 2.69. The number of amides is 2. The number of hydrogen-bond acceptors (Lipinski definition) is 5. The highest BCUT2D eigenvalue weighted by molar-refractivity contribution is 7.16. The third-order valence-corrected chi connectivity index (χ3v) is 8.76. The number of fused-ring (bicyclic) bond motifs is 1. The van der Waals surface area contributed by atoms with E-state index in [0.717, 1.165) is 21.6 Å². The molecule has 36 heavy (non-hydrogen) atoms. The molecule has 3 heterocycles. The minimum absolute atomic E-state index is 0.0723. The SMILES string of the molecule is CCc1cccc(CC)c1N1C(=O)C2C(c3ccc(Cl)s3)NC(Cc3ccccc3)(C(=O)O)C2C1=O. The zero-order chi connectivity index (χ0) is 25.6. The van der Waals surface area contributed by atoms with Crippen LogP contribution >= 0.6 is 22.9 Å². The van der Waals surface area contributed by atoms with Gasteiger partial charge in [-0.15, -0.1) is 11.3 Å². The highest BCUT2D eigenvalue weighted by Crippen LogP contribution is 2.52. The zero-order valence-corrected chi connectivity index (χ0v) is 21.6. The molecule has 2 aliphatic heterocycles. The Bertz CT molecular complexity index is 1320. The van der Waals surface area contributed by atoms with E-state index in [2.05, 4.69) is 5.32 Å². The van der Waals surface area contributed by atoms with Gasteiger partial charge in [-0.1, -0.05) is 74.0 Å². The van der Waals surface area contributed by atoms with Gasteiger partial charge in [0.05, 0.1) is 27.9 Å². The number of nitrogens with one attached hydrogen (secondary N) is 1. The molecule has 1 aromatic heterocycles. The molecular weight excluding hydrogens is 496 g/mol. The number of aliphatic carboxylic acids is 1. The number of carboxylic acid groups (broad SMARTS) is 1. The Morgan fingerprint density at radius 3 is 2.22 bits per heavy atom. The van der Waals surface area contributed by atoms with Crippen molar-refractivity contribution in [2.45, 2.75) is 44.7 Å². The second-order valence-corrected chi connectivity index (χ2v) is 11.1. The molecule has 2 saturated heterocycles. The van der Waals surface area contributed by atoms with Crippen molar-refractivity contribution in [1.29, 1.82) is 0 Å². The molecule has 3 aromatic rings. The van der Waals surface area contributed by atoms with E-state index in [-0.39, 0.29) is 12.3 Å². The van der Waals surface area contributed by atoms with E-state index in [4.69, 9.17) is 11.6 Å². The molecule has 186 valence electrons. The smallest absolute Gasteiger partial charge is 0.325 e. The van der Waals surface area contributed by atoms with Gasteiger partial charge in [-0.25, -0.2) is 4.90 Å². The van der Waals surface area contributed by atoms with Crippen LogP contribution in [-0.4, -0.2) is 28.4 Å². The van der Waals surface area contributed by atoms with E-state index in [1.54, 1.807) is 12.1 Å². The maximum atomic E-state index is 14.2. The van der Waals surface area contributed by atoms with Crippen molar-refractivity contribution in [3.8, 4) is 0 Å². The number of para-hydroxylation sites is 1. The number of halogens is 1. The van der Waals surface area contributed by atoms with E-state index in [0.29, 0.717) is 22.9 Å². The normalized spacial score (nSPS) is 25.4. The molecule has 0 saturated carbocycles. The molecule has 0 aliphatic carbocycles. The van der Waals surface area contributed by atoms with Crippen LogP contribution in [0.4, 0.5) is 5.69 Å². The molecule has 2 N–H and O–H groups in total. The summed E-state index contributed by atoms with van der Waals surface area (Å²) >= 11 is 7.52. The number of carbonyl (C=O) groups excluding carboxylic acids is 2. The number of aryl methyl sites for hydroxylation is 2. The van der Waals surface area contributed by atoms with Gasteiger partial charge in [0.25, 0.3) is 0 Å². The van der Waals surface area contributed by atoms with Crippen LogP contribution in [0.15, 0.2) is 60.7 Å². The van der Waals surface area contributed by atoms with Gasteiger partial charge in [0, 0.05) is 11.3 Å². The molecule has 4 atom stereocenters. The number of benzene rings is 2. The van der Waals surface area contributed by atoms with Crippen LogP contribution in [0.3, 0.4) is 0 Å². The van der Waals surface area contributed by atoms with E-state index >= 15 is 0 Å². The van der Waals surface area contributed by atoms with Gasteiger partial charge in [-0.2, -0.15) is 0 Å². The van der Waals surface area contributed by atoms with Gasteiger partial charge in [0.1, 0.15) is 5.54 Å². The summed E-state index contributed by atoms with van der Waals surface area (Å²) in [5.41, 5.74) is 1.52. The molecule has 5 rings (SSSR count). The maximum absolute atomic E-state index is 14.2. The standard InChI is InChI=1S/C28H27ClN2O4S/c1-3-17-11-8-12-18(4-2)24(17)31-25(32)21-22(26(31)33)28(27(34)35,15-16-9-6-5-7-10-16)30-23(21)19-13-14-20(29)36-19/h5-14,21-23,30H,3-4,15H2,1-2H3,(H,34,35). The van der Waals surface area contributed by atoms with Crippen molar-refractivity contribution in [1.82, 2.24) is 5.32 Å². The van der Waals surface area contributed by atoms with E-state index in [9.17, 15) is 19.5 Å². The lowest BCUT2D eigenvalue weighted by Gasteiger charge is -2.32. The first kappa shape index (κ1) is 24.7. The average Bonchev–Trinajstić information content (AvgIpc) is 3.53. The summed E-state index contributed by atoms with van der Waals surface area (Å²) < 4.78 is 0.539. The lowest BCUT2D eigenvalue weighted by molar-refractivity contribution is -0.148. The fourth-order valence-electron chi connectivity index (χ4n) is 5.82. The van der Waals surface area contributed by atoms with Gasteiger partial charge in [-0.05, 0) is 41.7 Å². The predicted molar refractivity (Wildman–Crippen MR) is 140 cm³/mol. The van der Waals surface area contributed by atoms with Gasteiger partial charge in [0.2, 0.25) is 11.8 Å². The van der Waals surface area contributed by atoms with Crippen LogP contribution in [-0.2, 0) is 33.6 Å². The van der Waals surface area contributed by atoms with Crippen LogP contribution in [0.25, 0.3) is 0 Å². The summed E-state index contributed by atoms with van der Waals surface area (Å²) in [5.74, 6) is -3.89. The van der Waals surface area contributed by atoms with Gasteiger partial charge in [-0.3, -0.25) is 19.7 Å². The number of carboxylic acids is 1. The molecule has 0 spiro atoms. The van der Waals surface area contributed by atoms with Crippen LogP contribution < -0.4 is 10.2 Å². The molecule has 8 heteroatoms. The summed E-state index contributed by atoms with van der Waals surface area (Å²) in [6.45, 7) is 3.97. The number of imide groups is 1. The van der Waals surface area contributed by atoms with Crippen molar-refractivity contribution < 1.29 is 19.5 Å². The number of hydrogen-bond donors (Lipinski definition) is 2. The van der Waals surface area contributed by atoms with Crippen molar-refractivity contribution in [2.75, 3.05) is 4.90 Å². The Hall–Kier alpha value is -3.00. The summed E-state index contributed by atoms with van der Waals surface area (Å²) in [7, 11) is 0. The monoisotopic (exact) mass is 522 g/mol. The van der Waals surface area contributed by atoms with Crippen LogP contribution in [0.1, 0.15) is 41.5 Å². The molecule has 6 nitrogen and oxygen atoms in total. The molecular formula is C28H27ClN2O4S. The lowest BCUT2D eigenvalue weighted by Crippen LogP contribution is -2.57. The minimum atomic E-state index is -1.65. The summed E-state index contributed by atoms with van der Waals surface area (Å²) in [4.78, 5) is 43.4. The van der Waals surface area contributed by atoms with Crippen LogP contribution in [0.5, 0.6) is 0 Å². The lowest BCUT2D eigenvalue weighted by atomic mass is 9.76. The Kier molecular flexibility index (Phi) is 6.49. The number of rotatable bonds is 7. The first-order valence-electron chi connectivity index (χ1n) is 12.1. The number of nitrogens with zero attached hydrogens (tertiary/aromatic N) is 1. The average molecular weight is 523 g/mol. The molecule has 2 fully saturated rings. The molecule has 0 radical (unpaired) electrons. The topological polar surface area (TPSA) is 86.7 Å². The number of anilines is 1. The van der Waals surface area contributed by atoms with Crippen molar-refractivity contribution in [3.05, 3.63) is 86.6 Å². The van der Waals surface area contributed by atoms with Crippen molar-refractivity contribution in [2.24, 2.45) is 11.8 Å². The largest absolute Gasteiger partial charge is 0.480 e. The quantitative estimate of drug-likeness (QED) is 0.424. The van der Waals surface area contributed by atoms with Gasteiger partial charge in [0.15, 0.2) is 0 Å². The fraction of sp³-hybridized carbons (Fsp3) is 0.321. The fourth-order valence-corrected chi connectivity index (χ4v) is 6.98. The molecule has 2 amide bonds. The van der Waals surface area contributed by atoms with Gasteiger partial charge < -0.3 is 5.11 Å². The summed E-state index contributed by atoms with van der Waals surface area (Å²) in [5, 5.41) is 13.9. The molecule has 4 unspecified atom stereocenters. The number of thiophene rings is 1. The molecule has 2 aliphatic rings. The Morgan fingerprint density at radius 1 is 1.00 bits per heavy atom. The summed E-state index contributed by atoms with van der Waals surface area (Å²) in [6, 6.07) is 17.9. The van der Waals surface area contributed by atoms with E-state index in [1.807, 2.05) is 62.4 Å². The Labute approximate surface area is 218 Å².